The zero-order valence-corrected chi connectivity index (χ0v) is 34.6. The lowest BCUT2D eigenvalue weighted by molar-refractivity contribution is -0.777. The number of carbonyl (C=O) groups is 1. The fraction of sp³-hybridized carbons (Fsp3) is 0.476. The van der Waals surface area contributed by atoms with Gasteiger partial charge in [0.05, 0.1) is 21.2 Å². The molecule has 11 nitrogen and oxygen atoms in total. The van der Waals surface area contributed by atoms with Crippen molar-refractivity contribution in [2.75, 3.05) is 29.5 Å². The van der Waals surface area contributed by atoms with Gasteiger partial charge < -0.3 is 19.4 Å². The minimum absolute atomic E-state index is 0.271. The van der Waals surface area contributed by atoms with Gasteiger partial charge in [0.15, 0.2) is 5.71 Å². The van der Waals surface area contributed by atoms with E-state index in [1.165, 1.54) is 11.1 Å². The molecule has 2 aromatic carbocycles. The molecule has 3 aliphatic rings. The van der Waals surface area contributed by atoms with E-state index in [0.29, 0.717) is 31.6 Å². The van der Waals surface area contributed by atoms with Gasteiger partial charge in [0.2, 0.25) is 5.69 Å². The van der Waals surface area contributed by atoms with E-state index in [1.807, 2.05) is 32.9 Å². The lowest BCUT2D eigenvalue weighted by atomic mass is 9.81. The molecule has 0 radical (unpaired) electrons. The predicted molar refractivity (Wildman–Crippen MR) is 215 cm³/mol. The summed E-state index contributed by atoms with van der Waals surface area (Å²) < 4.78 is 46.3. The summed E-state index contributed by atoms with van der Waals surface area (Å²) in [5.41, 5.74) is 8.22. The van der Waals surface area contributed by atoms with E-state index < -0.39 is 21.8 Å². The van der Waals surface area contributed by atoms with E-state index in [1.54, 1.807) is 0 Å². The number of rotatable bonds is 16. The maximum Gasteiger partial charge on any atom is 0.412 e. The van der Waals surface area contributed by atoms with Crippen LogP contribution in [-0.2, 0) is 35.1 Å². The lowest BCUT2D eigenvalue weighted by Gasteiger charge is -2.27. The monoisotopic (exact) mass is 792 g/mol. The van der Waals surface area contributed by atoms with Crippen LogP contribution in [0.2, 0.25) is 0 Å². The number of ether oxygens (including phenoxy) is 1. The van der Waals surface area contributed by atoms with E-state index in [0.717, 1.165) is 71.1 Å². The SMILES string of the molecule is CC(C)(C)OC(=O)NC1=C(/C=C/C2=[N+](CCCCS(=O)(=O)[O-])c3ccccc3C2(C)C)CC/C1=C\C=C1\N(CCCCSOO[O-])c2ccccc2C1(C)C. The largest absolute Gasteiger partial charge is 0.748 e. The minimum Gasteiger partial charge on any atom is -0.748 e. The molecule has 5 rings (SSSR count). The van der Waals surface area contributed by atoms with Crippen LogP contribution in [0.25, 0.3) is 0 Å². The van der Waals surface area contributed by atoms with Crippen molar-refractivity contribution >= 4 is 45.3 Å². The first-order valence-electron chi connectivity index (χ1n) is 18.9. The van der Waals surface area contributed by atoms with Crippen LogP contribution in [0.15, 0.2) is 95.4 Å². The van der Waals surface area contributed by atoms with Crippen LogP contribution in [0.5, 0.6) is 0 Å². The Morgan fingerprint density at radius 2 is 1.65 bits per heavy atom. The third-order valence-electron chi connectivity index (χ3n) is 10.4. The van der Waals surface area contributed by atoms with Crippen molar-refractivity contribution in [1.29, 1.82) is 0 Å². The van der Waals surface area contributed by atoms with E-state index in [4.69, 9.17) is 4.74 Å². The first-order valence-corrected chi connectivity index (χ1v) is 21.4. The van der Waals surface area contributed by atoms with Gasteiger partial charge in [-0.25, -0.2) is 13.2 Å². The fourth-order valence-corrected chi connectivity index (χ4v) is 8.77. The van der Waals surface area contributed by atoms with E-state index in [2.05, 4.69) is 113 Å². The summed E-state index contributed by atoms with van der Waals surface area (Å²) in [6.45, 7) is 15.7. The molecule has 1 amide bonds. The Bertz CT molecular complexity index is 2010. The normalized spacial score (nSPS) is 19.3. The smallest absolute Gasteiger partial charge is 0.412 e. The van der Waals surface area contributed by atoms with Crippen molar-refractivity contribution in [2.45, 2.75) is 103 Å². The van der Waals surface area contributed by atoms with Gasteiger partial charge in [0.1, 0.15) is 12.1 Å². The number of anilines is 1. The van der Waals surface area contributed by atoms with Gasteiger partial charge in [-0.15, -0.1) is 0 Å². The molecule has 0 saturated heterocycles. The minimum atomic E-state index is -4.28. The van der Waals surface area contributed by atoms with Crippen molar-refractivity contribution in [3.63, 3.8) is 0 Å². The van der Waals surface area contributed by atoms with Gasteiger partial charge in [-0.3, -0.25) is 10.4 Å². The summed E-state index contributed by atoms with van der Waals surface area (Å²) in [6.07, 6.45) is 11.9. The summed E-state index contributed by atoms with van der Waals surface area (Å²) >= 11 is 1.00. The van der Waals surface area contributed by atoms with Gasteiger partial charge in [-0.05, 0) is 95.6 Å². The van der Waals surface area contributed by atoms with Crippen LogP contribution >= 0.6 is 12.0 Å². The highest BCUT2D eigenvalue weighted by Gasteiger charge is 2.44. The number of amides is 1. The number of nitrogens with one attached hydrogen (secondary N) is 1. The Balaban J connectivity index is 1.51. The molecular formula is C42H54N3O8S2-. The lowest BCUT2D eigenvalue weighted by Crippen LogP contribution is -2.32. The third kappa shape index (κ3) is 10.4. The Morgan fingerprint density at radius 3 is 2.36 bits per heavy atom. The summed E-state index contributed by atoms with van der Waals surface area (Å²) in [6, 6.07) is 16.7. The van der Waals surface area contributed by atoms with Gasteiger partial charge in [-0.1, -0.05) is 62.4 Å². The molecule has 13 heteroatoms. The molecule has 0 spiro atoms. The summed E-state index contributed by atoms with van der Waals surface area (Å²) in [5, 5.41) is 16.8. The quantitative estimate of drug-likeness (QED) is 0.0447. The molecule has 0 fully saturated rings. The molecule has 0 aromatic heterocycles. The highest BCUT2D eigenvalue weighted by Crippen LogP contribution is 2.48. The highest BCUT2D eigenvalue weighted by molar-refractivity contribution is 7.94. The van der Waals surface area contributed by atoms with Crippen LogP contribution in [0.3, 0.4) is 0 Å². The third-order valence-corrected chi connectivity index (χ3v) is 11.8. The Labute approximate surface area is 330 Å². The molecule has 298 valence electrons. The van der Waals surface area contributed by atoms with Gasteiger partial charge >= 0.3 is 6.09 Å². The van der Waals surface area contributed by atoms with Gasteiger partial charge in [-0.2, -0.15) is 8.91 Å². The molecular weight excluding hydrogens is 739 g/mol. The number of alkyl carbamates (subject to hydrolysis) is 1. The van der Waals surface area contributed by atoms with Gasteiger partial charge in [0, 0.05) is 71.0 Å². The molecule has 0 atom stereocenters. The molecule has 0 saturated carbocycles. The maximum atomic E-state index is 13.3. The molecule has 2 aromatic rings. The van der Waals surface area contributed by atoms with E-state index >= 15 is 0 Å². The zero-order valence-electron chi connectivity index (χ0n) is 33.0. The van der Waals surface area contributed by atoms with Crippen LogP contribution in [-0.4, -0.2) is 59.5 Å². The zero-order chi connectivity index (χ0) is 40.0. The predicted octanol–water partition coefficient (Wildman–Crippen LogP) is 7.78. The fourth-order valence-electron chi connectivity index (χ4n) is 7.78. The molecule has 2 aliphatic heterocycles. The number of carbonyl (C=O) groups excluding carboxylic acids is 1. The second-order valence-electron chi connectivity index (χ2n) is 16.2. The Hall–Kier alpha value is -3.72. The highest BCUT2D eigenvalue weighted by atomic mass is 32.2. The maximum absolute atomic E-state index is 13.3. The second kappa shape index (κ2) is 17.6. The number of nitrogens with zero attached hydrogens (tertiary/aromatic N) is 2. The van der Waals surface area contributed by atoms with Crippen molar-refractivity contribution in [3.8, 4) is 0 Å². The average molecular weight is 793 g/mol. The Morgan fingerprint density at radius 1 is 0.945 bits per heavy atom. The number of allylic oxidation sites excluding steroid dienone is 7. The van der Waals surface area contributed by atoms with Crippen LogP contribution in [0, 0.1) is 0 Å². The van der Waals surface area contributed by atoms with Crippen molar-refractivity contribution in [2.24, 2.45) is 0 Å². The summed E-state index contributed by atoms with van der Waals surface area (Å²) in [5.74, 6) is 0.251. The van der Waals surface area contributed by atoms with Crippen molar-refractivity contribution in [1.82, 2.24) is 5.32 Å². The van der Waals surface area contributed by atoms with Crippen LogP contribution < -0.4 is 15.5 Å². The second-order valence-corrected chi connectivity index (χ2v) is 18.5. The number of unbranched alkanes of at least 4 members (excludes halogenated alkanes) is 2. The van der Waals surface area contributed by atoms with Crippen LogP contribution in [0.4, 0.5) is 16.2 Å². The topological polar surface area (TPSA) is 143 Å². The van der Waals surface area contributed by atoms with E-state index in [-0.39, 0.29) is 23.0 Å². The standard InChI is InChI=1S/C42H55N3O8S2/c1-40(2,3)51-39(46)43-38-30(22-24-36-41(4,5)32-16-8-10-18-34(32)44(36)26-12-14-28-54-53-52-47)20-21-31(38)23-25-37-42(6,7)33-17-9-11-19-35(33)45(37)27-13-15-29-55(48,49)50/h8-11,16-19,22-25H,12-15,20-21,26-29H2,1-7H3,(H2,47,48,49,50)/p-1/b30-22+,36-24+. The first-order chi connectivity index (χ1) is 25.9. The average Bonchev–Trinajstić information content (AvgIpc) is 3.65. The van der Waals surface area contributed by atoms with Gasteiger partial charge in [0.25, 0.3) is 0 Å². The molecule has 2 heterocycles. The number of hydrogen-bond donors (Lipinski definition) is 1. The molecule has 55 heavy (non-hydrogen) atoms. The van der Waals surface area contributed by atoms with Crippen LogP contribution in [0.1, 0.15) is 98.1 Å². The first kappa shape index (κ1) is 42.4. The molecule has 0 bridgehead atoms. The number of benzene rings is 2. The molecule has 0 unspecified atom stereocenters. The number of fused-ring (bicyclic) bond motifs is 2. The number of hydrogen-bond acceptors (Lipinski definition) is 10. The molecule has 1 N–H and O–H groups in total. The van der Waals surface area contributed by atoms with Crippen molar-refractivity contribution in [3.05, 3.63) is 107 Å². The number of para-hydroxylation sites is 2. The molecule has 1 aliphatic carbocycles. The summed E-state index contributed by atoms with van der Waals surface area (Å²) in [4.78, 5) is 15.7. The van der Waals surface area contributed by atoms with Crippen molar-refractivity contribution < 1.29 is 41.7 Å². The summed E-state index contributed by atoms with van der Waals surface area (Å²) in [7, 11) is -4.28. The Kier molecular flexibility index (Phi) is 13.6. The van der Waals surface area contributed by atoms with E-state index in [9.17, 15) is 23.0 Å².